The van der Waals surface area contributed by atoms with Crippen molar-refractivity contribution in [3.8, 4) is 0 Å². The second-order valence-electron chi connectivity index (χ2n) is 6.37. The molecule has 2 aromatic rings. The zero-order valence-electron chi connectivity index (χ0n) is 12.4. The van der Waals surface area contributed by atoms with E-state index in [4.69, 9.17) is 0 Å². The Kier molecular flexibility index (Phi) is 3.65. The molecule has 0 amide bonds. The number of nitrogens with zero attached hydrogens (tertiary/aromatic N) is 1. The van der Waals surface area contributed by atoms with E-state index >= 15 is 0 Å². The Morgan fingerprint density at radius 2 is 2.15 bits per heavy atom. The summed E-state index contributed by atoms with van der Waals surface area (Å²) in [6, 6.07) is 9.27. The number of benzene rings is 1. The molecule has 1 atom stereocenters. The van der Waals surface area contributed by atoms with Gasteiger partial charge in [0, 0.05) is 23.7 Å². The molecule has 0 fully saturated rings. The lowest BCUT2D eigenvalue weighted by Gasteiger charge is -2.40. The molecule has 0 saturated carbocycles. The molecule has 0 bridgehead atoms. The maximum Gasteiger partial charge on any atom is 0.107 e. The van der Waals surface area contributed by atoms with E-state index in [9.17, 15) is 0 Å². The molecule has 1 heterocycles. The molecule has 0 saturated heterocycles. The van der Waals surface area contributed by atoms with E-state index in [-0.39, 0.29) is 0 Å². The van der Waals surface area contributed by atoms with Crippen molar-refractivity contribution >= 4 is 11.3 Å². The van der Waals surface area contributed by atoms with Gasteiger partial charge in [-0.1, -0.05) is 38.1 Å². The molecule has 1 aromatic carbocycles. The standard InChI is InChI=1S/C17H22N2S/c1-12-10-18-15(20-12)11-19-16-14-7-5-4-6-13(14)8-9-17(16,2)3/h4-7,10,16,19H,8-9,11H2,1-3H3. The monoisotopic (exact) mass is 286 g/mol. The van der Waals surface area contributed by atoms with Crippen molar-refractivity contribution in [2.24, 2.45) is 5.41 Å². The van der Waals surface area contributed by atoms with Crippen LogP contribution in [0.5, 0.6) is 0 Å². The lowest BCUT2D eigenvalue weighted by atomic mass is 9.70. The van der Waals surface area contributed by atoms with Crippen LogP contribution in [0.15, 0.2) is 30.5 Å². The lowest BCUT2D eigenvalue weighted by molar-refractivity contribution is 0.208. The highest BCUT2D eigenvalue weighted by atomic mass is 32.1. The average molecular weight is 286 g/mol. The van der Waals surface area contributed by atoms with E-state index < -0.39 is 0 Å². The first-order valence-electron chi connectivity index (χ1n) is 7.29. The molecule has 1 N–H and O–H groups in total. The topological polar surface area (TPSA) is 24.9 Å². The first-order valence-corrected chi connectivity index (χ1v) is 8.10. The van der Waals surface area contributed by atoms with Crippen LogP contribution < -0.4 is 5.32 Å². The number of aromatic nitrogens is 1. The smallest absolute Gasteiger partial charge is 0.107 e. The van der Waals surface area contributed by atoms with Crippen LogP contribution in [0, 0.1) is 12.3 Å². The number of aryl methyl sites for hydroxylation is 2. The van der Waals surface area contributed by atoms with E-state index in [1.807, 2.05) is 6.20 Å². The van der Waals surface area contributed by atoms with Gasteiger partial charge in [-0.3, -0.25) is 0 Å². The summed E-state index contributed by atoms with van der Waals surface area (Å²) in [5.41, 5.74) is 3.26. The van der Waals surface area contributed by atoms with Gasteiger partial charge in [-0.15, -0.1) is 11.3 Å². The molecule has 1 aliphatic rings. The fraction of sp³-hybridized carbons (Fsp3) is 0.471. The zero-order valence-corrected chi connectivity index (χ0v) is 13.3. The van der Waals surface area contributed by atoms with Crippen LogP contribution in [0.1, 0.15) is 47.3 Å². The molecule has 2 nitrogen and oxygen atoms in total. The van der Waals surface area contributed by atoms with Gasteiger partial charge in [-0.2, -0.15) is 0 Å². The second kappa shape index (κ2) is 5.30. The minimum Gasteiger partial charge on any atom is -0.303 e. The summed E-state index contributed by atoms with van der Waals surface area (Å²) in [6.45, 7) is 7.71. The molecule has 20 heavy (non-hydrogen) atoms. The zero-order chi connectivity index (χ0) is 14.2. The molecule has 0 aliphatic heterocycles. The number of rotatable bonds is 3. The highest BCUT2D eigenvalue weighted by Gasteiger charge is 2.35. The van der Waals surface area contributed by atoms with Crippen LogP contribution >= 0.6 is 11.3 Å². The van der Waals surface area contributed by atoms with Crippen LogP contribution in [0.3, 0.4) is 0 Å². The molecule has 3 rings (SSSR count). The third-order valence-corrected chi connectivity index (χ3v) is 5.23. The van der Waals surface area contributed by atoms with E-state index in [1.54, 1.807) is 11.3 Å². The van der Waals surface area contributed by atoms with Crippen molar-refractivity contribution in [2.75, 3.05) is 0 Å². The summed E-state index contributed by atoms with van der Waals surface area (Å²) in [5, 5.41) is 4.93. The van der Waals surface area contributed by atoms with E-state index in [1.165, 1.54) is 33.9 Å². The molecule has 1 unspecified atom stereocenters. The van der Waals surface area contributed by atoms with Gasteiger partial charge in [0.2, 0.25) is 0 Å². The summed E-state index contributed by atoms with van der Waals surface area (Å²) in [6.07, 6.45) is 4.39. The minimum atomic E-state index is 0.292. The third-order valence-electron chi connectivity index (χ3n) is 4.31. The van der Waals surface area contributed by atoms with Crippen molar-refractivity contribution in [1.82, 2.24) is 10.3 Å². The minimum absolute atomic E-state index is 0.292. The SMILES string of the molecule is Cc1cnc(CNC2c3ccccc3CCC2(C)C)s1. The Morgan fingerprint density at radius 1 is 1.35 bits per heavy atom. The van der Waals surface area contributed by atoms with Crippen molar-refractivity contribution in [3.05, 3.63) is 51.5 Å². The van der Waals surface area contributed by atoms with E-state index in [0.717, 1.165) is 6.54 Å². The largest absolute Gasteiger partial charge is 0.303 e. The maximum absolute atomic E-state index is 4.46. The van der Waals surface area contributed by atoms with Crippen LogP contribution in [-0.2, 0) is 13.0 Å². The van der Waals surface area contributed by atoms with Crippen molar-refractivity contribution in [2.45, 2.75) is 46.2 Å². The summed E-state index contributed by atoms with van der Waals surface area (Å²) >= 11 is 1.78. The summed E-state index contributed by atoms with van der Waals surface area (Å²) < 4.78 is 0. The van der Waals surface area contributed by atoms with Crippen LogP contribution in [0.4, 0.5) is 0 Å². The van der Waals surface area contributed by atoms with Crippen molar-refractivity contribution in [1.29, 1.82) is 0 Å². The van der Waals surface area contributed by atoms with Gasteiger partial charge in [0.1, 0.15) is 5.01 Å². The Bertz CT molecular complexity index is 601. The molecule has 0 radical (unpaired) electrons. The van der Waals surface area contributed by atoms with Gasteiger partial charge in [0.15, 0.2) is 0 Å². The number of nitrogens with one attached hydrogen (secondary N) is 1. The highest BCUT2D eigenvalue weighted by molar-refractivity contribution is 7.11. The molecule has 3 heteroatoms. The molecule has 0 spiro atoms. The third kappa shape index (κ3) is 2.65. The quantitative estimate of drug-likeness (QED) is 0.912. The summed E-state index contributed by atoms with van der Waals surface area (Å²) in [5.74, 6) is 0. The highest BCUT2D eigenvalue weighted by Crippen LogP contribution is 2.43. The normalized spacial score (nSPS) is 20.6. The molecule has 1 aromatic heterocycles. The van der Waals surface area contributed by atoms with Gasteiger partial charge >= 0.3 is 0 Å². The number of hydrogen-bond acceptors (Lipinski definition) is 3. The summed E-state index contributed by atoms with van der Waals surface area (Å²) in [7, 11) is 0. The first-order chi connectivity index (χ1) is 9.56. The summed E-state index contributed by atoms with van der Waals surface area (Å²) in [4.78, 5) is 5.74. The lowest BCUT2D eigenvalue weighted by Crippen LogP contribution is -2.37. The van der Waals surface area contributed by atoms with Gasteiger partial charge < -0.3 is 5.32 Å². The Labute approximate surface area is 125 Å². The van der Waals surface area contributed by atoms with E-state index in [0.29, 0.717) is 11.5 Å². The molecule has 1 aliphatic carbocycles. The number of thiazole rings is 1. The Balaban J connectivity index is 1.82. The van der Waals surface area contributed by atoms with Gasteiger partial charge in [-0.25, -0.2) is 4.98 Å². The first kappa shape index (κ1) is 13.8. The van der Waals surface area contributed by atoms with Crippen molar-refractivity contribution < 1.29 is 0 Å². The van der Waals surface area contributed by atoms with Gasteiger partial charge in [-0.05, 0) is 36.3 Å². The number of hydrogen-bond donors (Lipinski definition) is 1. The number of fused-ring (bicyclic) bond motifs is 1. The average Bonchev–Trinajstić information content (AvgIpc) is 2.83. The Hall–Kier alpha value is -1.19. The predicted octanol–water partition coefficient (Wildman–Crippen LogP) is 4.25. The van der Waals surface area contributed by atoms with Gasteiger partial charge in [0.05, 0.1) is 0 Å². The van der Waals surface area contributed by atoms with Crippen LogP contribution in [-0.4, -0.2) is 4.98 Å². The fourth-order valence-electron chi connectivity index (χ4n) is 3.12. The fourth-order valence-corrected chi connectivity index (χ4v) is 3.86. The van der Waals surface area contributed by atoms with Crippen LogP contribution in [0.25, 0.3) is 0 Å². The molecule has 106 valence electrons. The second-order valence-corrected chi connectivity index (χ2v) is 7.69. The maximum atomic E-state index is 4.46. The predicted molar refractivity (Wildman–Crippen MR) is 85.0 cm³/mol. The molecular formula is C17H22N2S. The van der Waals surface area contributed by atoms with Crippen LogP contribution in [0.2, 0.25) is 0 Å². The van der Waals surface area contributed by atoms with E-state index in [2.05, 4.69) is 55.3 Å². The van der Waals surface area contributed by atoms with Gasteiger partial charge in [0.25, 0.3) is 0 Å². The van der Waals surface area contributed by atoms with Crippen molar-refractivity contribution in [3.63, 3.8) is 0 Å². The Morgan fingerprint density at radius 3 is 2.90 bits per heavy atom. The molecular weight excluding hydrogens is 264 g/mol.